The molecule has 0 aliphatic carbocycles. The summed E-state index contributed by atoms with van der Waals surface area (Å²) in [6.45, 7) is 6.50. The SMILES string of the molecule is CC/C=C/C/C=C/C/C=C/C/C=C/C/C=C/CCCCCC(=O)OC[C@@H](COC(=O)CCCCCCCCCCCCCCCCCCC)OC(=O)CCCCCCCCC/C=C/C/C=C/CCCCC. The highest BCUT2D eigenvalue weighted by Crippen LogP contribution is 2.16. The second-order valence-electron chi connectivity index (χ2n) is 19.9. The predicted molar refractivity (Wildman–Crippen MR) is 307 cm³/mol. The lowest BCUT2D eigenvalue weighted by molar-refractivity contribution is -0.167. The summed E-state index contributed by atoms with van der Waals surface area (Å²) in [6.07, 6.45) is 77.1. The Kier molecular flexibility index (Phi) is 56.3. The van der Waals surface area contributed by atoms with Crippen LogP contribution in [-0.4, -0.2) is 37.2 Å². The number of hydrogen-bond acceptors (Lipinski definition) is 6. The standard InChI is InChI=1S/C65H112O6/c1-4-7-10-13-16-19-22-25-28-31-32-35-37-40-43-46-49-52-55-58-64(67)70-61-62(71-65(68)59-56-53-50-47-44-41-38-34-30-27-24-21-18-15-12-9-6-3)60-69-63(66)57-54-51-48-45-42-39-36-33-29-26-23-20-17-14-11-8-5-2/h7,10,16,18-19,21,25,27-28,30,32,35,40,43,62H,4-6,8-9,11-15,17,20,22-24,26,29,31,33-34,36-39,41-42,44-61H2,1-3H3/b10-7+,19-16+,21-18+,28-25+,30-27+,35-32+,43-40+/t62-/m1/s1. The molecule has 0 bridgehead atoms. The van der Waals surface area contributed by atoms with Gasteiger partial charge >= 0.3 is 17.9 Å². The van der Waals surface area contributed by atoms with Crippen LogP contribution in [0.15, 0.2) is 85.1 Å². The van der Waals surface area contributed by atoms with Crippen LogP contribution in [0.5, 0.6) is 0 Å². The molecule has 6 nitrogen and oxygen atoms in total. The Balaban J connectivity index is 4.44. The van der Waals surface area contributed by atoms with Crippen LogP contribution in [0.1, 0.15) is 290 Å². The van der Waals surface area contributed by atoms with Crippen molar-refractivity contribution in [2.24, 2.45) is 0 Å². The van der Waals surface area contributed by atoms with Crippen molar-refractivity contribution >= 4 is 17.9 Å². The summed E-state index contributed by atoms with van der Waals surface area (Å²) in [5, 5.41) is 0. The molecule has 0 aromatic heterocycles. The van der Waals surface area contributed by atoms with Crippen molar-refractivity contribution < 1.29 is 28.6 Å². The van der Waals surface area contributed by atoms with E-state index in [9.17, 15) is 14.4 Å². The number of ether oxygens (including phenoxy) is 3. The van der Waals surface area contributed by atoms with Gasteiger partial charge in [-0.1, -0.05) is 260 Å². The fourth-order valence-electron chi connectivity index (χ4n) is 8.38. The molecular weight excluding hydrogens is 877 g/mol. The smallest absolute Gasteiger partial charge is 0.306 e. The maximum absolute atomic E-state index is 12.9. The molecule has 71 heavy (non-hydrogen) atoms. The first-order valence-electron chi connectivity index (χ1n) is 30.1. The summed E-state index contributed by atoms with van der Waals surface area (Å²) in [6, 6.07) is 0. The molecule has 0 aliphatic rings. The minimum Gasteiger partial charge on any atom is -0.462 e. The molecule has 0 unspecified atom stereocenters. The Morgan fingerprint density at radius 2 is 0.549 bits per heavy atom. The Morgan fingerprint density at radius 1 is 0.296 bits per heavy atom. The van der Waals surface area contributed by atoms with E-state index in [1.54, 1.807) is 0 Å². The monoisotopic (exact) mass is 989 g/mol. The molecule has 1 atom stereocenters. The average molecular weight is 990 g/mol. The predicted octanol–water partition coefficient (Wildman–Crippen LogP) is 20.3. The van der Waals surface area contributed by atoms with E-state index in [-0.39, 0.29) is 31.1 Å². The van der Waals surface area contributed by atoms with Crippen molar-refractivity contribution in [3.63, 3.8) is 0 Å². The summed E-state index contributed by atoms with van der Waals surface area (Å²) in [5.74, 6) is -0.919. The van der Waals surface area contributed by atoms with Crippen molar-refractivity contribution in [1.82, 2.24) is 0 Å². The second kappa shape index (κ2) is 59.2. The third-order valence-corrected chi connectivity index (χ3v) is 12.9. The highest BCUT2D eigenvalue weighted by molar-refractivity contribution is 5.71. The molecule has 0 heterocycles. The van der Waals surface area contributed by atoms with Gasteiger partial charge in [-0.15, -0.1) is 0 Å². The summed E-state index contributed by atoms with van der Waals surface area (Å²) in [4.78, 5) is 38.2. The molecule has 6 heteroatoms. The van der Waals surface area contributed by atoms with Crippen LogP contribution in [-0.2, 0) is 28.6 Å². The summed E-state index contributed by atoms with van der Waals surface area (Å²) in [5.41, 5.74) is 0. The van der Waals surface area contributed by atoms with Gasteiger partial charge in [0.1, 0.15) is 13.2 Å². The molecule has 0 aromatic carbocycles. The molecule has 0 saturated carbocycles. The van der Waals surface area contributed by atoms with Crippen LogP contribution in [0.4, 0.5) is 0 Å². The van der Waals surface area contributed by atoms with Gasteiger partial charge in [-0.05, 0) is 96.3 Å². The minimum atomic E-state index is -0.794. The topological polar surface area (TPSA) is 78.9 Å². The van der Waals surface area contributed by atoms with Crippen LogP contribution in [0.25, 0.3) is 0 Å². The van der Waals surface area contributed by atoms with E-state index in [4.69, 9.17) is 14.2 Å². The summed E-state index contributed by atoms with van der Waals surface area (Å²) >= 11 is 0. The lowest BCUT2D eigenvalue weighted by Gasteiger charge is -2.18. The van der Waals surface area contributed by atoms with E-state index in [0.717, 1.165) is 109 Å². The highest BCUT2D eigenvalue weighted by Gasteiger charge is 2.19. The van der Waals surface area contributed by atoms with Gasteiger partial charge in [0.15, 0.2) is 6.10 Å². The Morgan fingerprint density at radius 3 is 0.901 bits per heavy atom. The normalized spacial score (nSPS) is 12.7. The van der Waals surface area contributed by atoms with Gasteiger partial charge in [-0.25, -0.2) is 0 Å². The van der Waals surface area contributed by atoms with Gasteiger partial charge in [0.05, 0.1) is 0 Å². The Bertz CT molecular complexity index is 1370. The lowest BCUT2D eigenvalue weighted by atomic mass is 10.0. The third kappa shape index (κ3) is 57.4. The van der Waals surface area contributed by atoms with E-state index in [1.807, 2.05) is 0 Å². The van der Waals surface area contributed by atoms with Crippen LogP contribution in [0, 0.1) is 0 Å². The van der Waals surface area contributed by atoms with Crippen molar-refractivity contribution in [1.29, 1.82) is 0 Å². The van der Waals surface area contributed by atoms with Gasteiger partial charge in [-0.2, -0.15) is 0 Å². The van der Waals surface area contributed by atoms with Gasteiger partial charge in [-0.3, -0.25) is 14.4 Å². The molecule has 0 saturated heterocycles. The maximum Gasteiger partial charge on any atom is 0.306 e. The summed E-state index contributed by atoms with van der Waals surface area (Å²) in [7, 11) is 0. The summed E-state index contributed by atoms with van der Waals surface area (Å²) < 4.78 is 16.9. The van der Waals surface area contributed by atoms with Crippen molar-refractivity contribution in [2.45, 2.75) is 297 Å². The largest absolute Gasteiger partial charge is 0.462 e. The fraction of sp³-hybridized carbons (Fsp3) is 0.738. The number of unbranched alkanes of at least 4 members (excludes halogenated alkanes) is 29. The van der Waals surface area contributed by atoms with Crippen molar-refractivity contribution in [3.05, 3.63) is 85.1 Å². The number of rotatable bonds is 54. The van der Waals surface area contributed by atoms with E-state index in [0.29, 0.717) is 19.3 Å². The first kappa shape index (κ1) is 67.6. The molecule has 0 aromatic rings. The van der Waals surface area contributed by atoms with Crippen molar-refractivity contribution in [3.8, 4) is 0 Å². The number of allylic oxidation sites excluding steroid dienone is 14. The quantitative estimate of drug-likeness (QED) is 0.0261. The first-order chi connectivity index (χ1) is 35.0. The fourth-order valence-corrected chi connectivity index (χ4v) is 8.38. The molecule has 0 aliphatic heterocycles. The van der Waals surface area contributed by atoms with E-state index < -0.39 is 6.10 Å². The number of hydrogen-bond donors (Lipinski definition) is 0. The van der Waals surface area contributed by atoms with E-state index >= 15 is 0 Å². The van der Waals surface area contributed by atoms with Crippen LogP contribution in [0.2, 0.25) is 0 Å². The zero-order valence-corrected chi connectivity index (χ0v) is 46.7. The number of esters is 3. The maximum atomic E-state index is 12.9. The second-order valence-corrected chi connectivity index (χ2v) is 19.9. The molecule has 0 spiro atoms. The molecule has 0 amide bonds. The lowest BCUT2D eigenvalue weighted by Crippen LogP contribution is -2.30. The molecular formula is C65H112O6. The number of carbonyl (C=O) groups is 3. The van der Waals surface area contributed by atoms with Gasteiger partial charge < -0.3 is 14.2 Å². The van der Waals surface area contributed by atoms with Crippen molar-refractivity contribution in [2.75, 3.05) is 13.2 Å². The molecule has 0 N–H and O–H groups in total. The molecule has 0 fully saturated rings. The Hall–Kier alpha value is -3.41. The third-order valence-electron chi connectivity index (χ3n) is 12.9. The van der Waals surface area contributed by atoms with Crippen LogP contribution < -0.4 is 0 Å². The van der Waals surface area contributed by atoms with Crippen LogP contribution in [0.3, 0.4) is 0 Å². The minimum absolute atomic E-state index is 0.0883. The van der Waals surface area contributed by atoms with Gasteiger partial charge in [0.25, 0.3) is 0 Å². The molecule has 0 radical (unpaired) electrons. The Labute approximate surface area is 439 Å². The van der Waals surface area contributed by atoms with Gasteiger partial charge in [0, 0.05) is 19.3 Å². The van der Waals surface area contributed by atoms with Gasteiger partial charge in [0.2, 0.25) is 0 Å². The van der Waals surface area contributed by atoms with E-state index in [2.05, 4.69) is 106 Å². The zero-order chi connectivity index (χ0) is 51.4. The zero-order valence-electron chi connectivity index (χ0n) is 46.7. The molecule has 408 valence electrons. The molecule has 0 rings (SSSR count). The highest BCUT2D eigenvalue weighted by atomic mass is 16.6. The first-order valence-corrected chi connectivity index (χ1v) is 30.1. The average Bonchev–Trinajstić information content (AvgIpc) is 3.37. The van der Waals surface area contributed by atoms with E-state index in [1.165, 1.54) is 141 Å². The van der Waals surface area contributed by atoms with Crippen LogP contribution >= 0.6 is 0 Å². The number of carbonyl (C=O) groups excluding carboxylic acids is 3.